The summed E-state index contributed by atoms with van der Waals surface area (Å²) in [4.78, 5) is 2.23. The summed E-state index contributed by atoms with van der Waals surface area (Å²) in [6.07, 6.45) is 4.19. The SMILES string of the molecule is CCS(=O)(CC)=NC1=CC(C)=CN(Cc2ccccc2)C1. The Hall–Kier alpha value is -1.55. The third kappa shape index (κ3) is 4.46. The van der Waals surface area contributed by atoms with Crippen molar-refractivity contribution >= 4 is 9.73 Å². The number of rotatable bonds is 5. The summed E-state index contributed by atoms with van der Waals surface area (Å²) in [6, 6.07) is 10.4. The third-order valence-electron chi connectivity index (χ3n) is 3.56. The van der Waals surface area contributed by atoms with E-state index in [0.717, 1.165) is 24.4 Å². The monoisotopic (exact) mass is 304 g/mol. The minimum absolute atomic E-state index is 0.613. The highest BCUT2D eigenvalue weighted by atomic mass is 32.2. The Morgan fingerprint density at radius 2 is 1.86 bits per heavy atom. The predicted octanol–water partition coefficient (Wildman–Crippen LogP) is 3.80. The molecule has 0 saturated carbocycles. The normalized spacial score (nSPS) is 15.5. The summed E-state index contributed by atoms with van der Waals surface area (Å²) < 4.78 is 17.1. The fourth-order valence-electron chi connectivity index (χ4n) is 2.41. The minimum atomic E-state index is -2.08. The van der Waals surface area contributed by atoms with Gasteiger partial charge < -0.3 is 4.90 Å². The molecule has 0 radical (unpaired) electrons. The van der Waals surface area contributed by atoms with Gasteiger partial charge >= 0.3 is 0 Å². The smallest absolute Gasteiger partial charge is 0.0700 e. The van der Waals surface area contributed by atoms with E-state index in [1.807, 2.05) is 26.0 Å². The van der Waals surface area contributed by atoms with E-state index < -0.39 is 9.73 Å². The van der Waals surface area contributed by atoms with Crippen LogP contribution in [0, 0.1) is 0 Å². The Morgan fingerprint density at radius 1 is 1.19 bits per heavy atom. The lowest BCUT2D eigenvalue weighted by Crippen LogP contribution is -2.23. The summed E-state index contributed by atoms with van der Waals surface area (Å²) in [5, 5.41) is 0. The topological polar surface area (TPSA) is 32.7 Å². The van der Waals surface area contributed by atoms with Crippen LogP contribution in [0.25, 0.3) is 0 Å². The number of allylic oxidation sites excluding steroid dienone is 2. The molecule has 1 heterocycles. The molecule has 0 unspecified atom stereocenters. The largest absolute Gasteiger partial charge is 0.367 e. The van der Waals surface area contributed by atoms with Gasteiger partial charge in [0, 0.05) is 24.3 Å². The number of hydrogen-bond donors (Lipinski definition) is 0. The lowest BCUT2D eigenvalue weighted by atomic mass is 10.1. The molecule has 0 spiro atoms. The molecule has 21 heavy (non-hydrogen) atoms. The van der Waals surface area contributed by atoms with Gasteiger partial charge in [0.1, 0.15) is 0 Å². The van der Waals surface area contributed by atoms with Gasteiger partial charge in [0.2, 0.25) is 0 Å². The van der Waals surface area contributed by atoms with Crippen LogP contribution in [0.15, 0.2) is 58.2 Å². The molecular formula is C17H24N2OS. The first-order valence-corrected chi connectivity index (χ1v) is 9.29. The first-order valence-electron chi connectivity index (χ1n) is 7.44. The second-order valence-corrected chi connectivity index (χ2v) is 8.22. The van der Waals surface area contributed by atoms with Crippen molar-refractivity contribution in [1.29, 1.82) is 0 Å². The molecule has 4 heteroatoms. The molecule has 1 aromatic carbocycles. The van der Waals surface area contributed by atoms with Crippen molar-refractivity contribution in [3.8, 4) is 0 Å². The van der Waals surface area contributed by atoms with Crippen LogP contribution in [0.1, 0.15) is 26.3 Å². The lowest BCUT2D eigenvalue weighted by Gasteiger charge is -2.25. The molecule has 0 fully saturated rings. The second-order valence-electron chi connectivity index (χ2n) is 5.34. The van der Waals surface area contributed by atoms with E-state index in [4.69, 9.17) is 0 Å². The molecule has 0 amide bonds. The summed E-state index contributed by atoms with van der Waals surface area (Å²) in [5.41, 5.74) is 3.36. The van der Waals surface area contributed by atoms with Crippen LogP contribution in [0.4, 0.5) is 0 Å². The lowest BCUT2D eigenvalue weighted by molar-refractivity contribution is 0.391. The summed E-state index contributed by atoms with van der Waals surface area (Å²) in [7, 11) is -2.08. The van der Waals surface area contributed by atoms with Crippen molar-refractivity contribution in [2.75, 3.05) is 18.1 Å². The predicted molar refractivity (Wildman–Crippen MR) is 90.3 cm³/mol. The minimum Gasteiger partial charge on any atom is -0.367 e. The van der Waals surface area contributed by atoms with Crippen molar-refractivity contribution in [1.82, 2.24) is 4.90 Å². The van der Waals surface area contributed by atoms with E-state index >= 15 is 0 Å². The Balaban J connectivity index is 2.17. The molecule has 1 aliphatic heterocycles. The Bertz CT molecular complexity index is 643. The van der Waals surface area contributed by atoms with Crippen LogP contribution < -0.4 is 0 Å². The summed E-state index contributed by atoms with van der Waals surface area (Å²) in [6.45, 7) is 7.53. The molecule has 0 bridgehead atoms. The zero-order valence-electron chi connectivity index (χ0n) is 13.1. The van der Waals surface area contributed by atoms with Crippen LogP contribution >= 0.6 is 0 Å². The van der Waals surface area contributed by atoms with Crippen molar-refractivity contribution in [3.63, 3.8) is 0 Å². The molecule has 3 nitrogen and oxygen atoms in total. The molecule has 114 valence electrons. The Labute approximate surface area is 128 Å². The highest BCUT2D eigenvalue weighted by Crippen LogP contribution is 2.18. The van der Waals surface area contributed by atoms with E-state index in [1.165, 1.54) is 5.56 Å². The van der Waals surface area contributed by atoms with Gasteiger partial charge in [0.25, 0.3) is 0 Å². The van der Waals surface area contributed by atoms with Crippen molar-refractivity contribution in [3.05, 3.63) is 59.4 Å². The highest BCUT2D eigenvalue weighted by molar-refractivity contribution is 7.93. The Kier molecular flexibility index (Phi) is 5.23. The molecule has 0 aliphatic carbocycles. The first-order chi connectivity index (χ1) is 10.0. The Morgan fingerprint density at radius 3 is 2.48 bits per heavy atom. The van der Waals surface area contributed by atoms with Crippen LogP contribution in [0.2, 0.25) is 0 Å². The van der Waals surface area contributed by atoms with E-state index in [-0.39, 0.29) is 0 Å². The number of benzene rings is 1. The van der Waals surface area contributed by atoms with E-state index in [0.29, 0.717) is 11.5 Å². The standard InChI is InChI=1S/C17H24N2OS/c1-4-21(20,5-2)18-17-11-15(3)12-19(14-17)13-16-9-7-6-8-10-16/h6-12H,4-5,13-14H2,1-3H3. The van der Waals surface area contributed by atoms with Gasteiger partial charge in [0.15, 0.2) is 0 Å². The van der Waals surface area contributed by atoms with Gasteiger partial charge in [-0.25, -0.2) is 8.57 Å². The van der Waals surface area contributed by atoms with Gasteiger partial charge in [-0.05, 0) is 24.1 Å². The molecule has 1 aromatic rings. The average Bonchev–Trinajstić information content (AvgIpc) is 2.47. The van der Waals surface area contributed by atoms with Gasteiger partial charge in [-0.15, -0.1) is 0 Å². The molecule has 0 N–H and O–H groups in total. The summed E-state index contributed by atoms with van der Waals surface area (Å²) in [5.74, 6) is 1.23. The van der Waals surface area contributed by atoms with Crippen LogP contribution in [0.3, 0.4) is 0 Å². The van der Waals surface area contributed by atoms with Crippen molar-refractivity contribution in [2.24, 2.45) is 4.36 Å². The maximum Gasteiger partial charge on any atom is 0.0700 e. The maximum absolute atomic E-state index is 12.5. The molecule has 2 rings (SSSR count). The average molecular weight is 304 g/mol. The molecular weight excluding hydrogens is 280 g/mol. The number of hydrogen-bond acceptors (Lipinski definition) is 3. The maximum atomic E-state index is 12.5. The van der Waals surface area contributed by atoms with E-state index in [1.54, 1.807) is 0 Å². The molecule has 0 atom stereocenters. The quantitative estimate of drug-likeness (QED) is 0.829. The molecule has 0 saturated heterocycles. The molecule has 1 aliphatic rings. The van der Waals surface area contributed by atoms with Gasteiger partial charge in [-0.3, -0.25) is 0 Å². The van der Waals surface area contributed by atoms with Gasteiger partial charge in [-0.2, -0.15) is 0 Å². The van der Waals surface area contributed by atoms with Crippen molar-refractivity contribution in [2.45, 2.75) is 27.3 Å². The van der Waals surface area contributed by atoms with E-state index in [9.17, 15) is 4.21 Å². The van der Waals surface area contributed by atoms with Gasteiger partial charge in [0.05, 0.1) is 22.0 Å². The van der Waals surface area contributed by atoms with Crippen LogP contribution in [-0.2, 0) is 16.3 Å². The third-order valence-corrected chi connectivity index (χ3v) is 5.93. The zero-order valence-corrected chi connectivity index (χ0v) is 13.9. The fraction of sp³-hybridized carbons (Fsp3) is 0.412. The van der Waals surface area contributed by atoms with Gasteiger partial charge in [-0.1, -0.05) is 44.2 Å². The first kappa shape index (κ1) is 15.8. The zero-order chi connectivity index (χ0) is 15.3. The number of nitrogens with zero attached hydrogens (tertiary/aromatic N) is 2. The highest BCUT2D eigenvalue weighted by Gasteiger charge is 2.13. The second kappa shape index (κ2) is 6.94. The van der Waals surface area contributed by atoms with E-state index in [2.05, 4.69) is 46.7 Å². The van der Waals surface area contributed by atoms with Crippen LogP contribution in [-0.4, -0.2) is 27.2 Å². The fourth-order valence-corrected chi connectivity index (χ4v) is 3.61. The molecule has 0 aromatic heterocycles. The van der Waals surface area contributed by atoms with Crippen LogP contribution in [0.5, 0.6) is 0 Å². The summed E-state index contributed by atoms with van der Waals surface area (Å²) >= 11 is 0. The van der Waals surface area contributed by atoms with Crippen molar-refractivity contribution < 1.29 is 4.21 Å².